The van der Waals surface area contributed by atoms with E-state index in [2.05, 4.69) is 22.3 Å². The third-order valence-corrected chi connectivity index (χ3v) is 11.4. The predicted molar refractivity (Wildman–Crippen MR) is 175 cm³/mol. The van der Waals surface area contributed by atoms with Crippen LogP contribution in [0.2, 0.25) is 0 Å². The number of fused-ring (bicyclic) bond motifs is 2. The summed E-state index contributed by atoms with van der Waals surface area (Å²) in [5.41, 5.74) is 3.65. The summed E-state index contributed by atoms with van der Waals surface area (Å²) in [6.07, 6.45) is 4.06. The van der Waals surface area contributed by atoms with Crippen LogP contribution in [0.4, 0.5) is 5.69 Å². The molecule has 46 heavy (non-hydrogen) atoms. The molecule has 0 bridgehead atoms. The van der Waals surface area contributed by atoms with E-state index in [4.69, 9.17) is 9.47 Å². The molecule has 3 aromatic carbocycles. The van der Waals surface area contributed by atoms with Gasteiger partial charge in [-0.3, -0.25) is 4.79 Å². The van der Waals surface area contributed by atoms with E-state index in [1.807, 2.05) is 71.6 Å². The molecule has 1 aromatic heterocycles. The van der Waals surface area contributed by atoms with Crippen LogP contribution in [0.15, 0.2) is 71.8 Å². The number of piperidine rings is 1. The molecule has 240 valence electrons. The van der Waals surface area contributed by atoms with Gasteiger partial charge in [-0.25, -0.2) is 13.1 Å². The summed E-state index contributed by atoms with van der Waals surface area (Å²) in [5, 5.41) is 8.49. The second-order valence-corrected chi connectivity index (χ2v) is 14.8. The lowest BCUT2D eigenvalue weighted by Gasteiger charge is -2.37. The number of nitrogens with zero attached hydrogens (tertiary/aromatic N) is 5. The van der Waals surface area contributed by atoms with E-state index in [1.165, 1.54) is 0 Å². The molecule has 7 rings (SSSR count). The van der Waals surface area contributed by atoms with Crippen LogP contribution in [0.5, 0.6) is 11.5 Å². The van der Waals surface area contributed by atoms with Crippen molar-refractivity contribution in [1.29, 1.82) is 0 Å². The molecule has 10 nitrogen and oxygen atoms in total. The van der Waals surface area contributed by atoms with E-state index < -0.39 is 15.3 Å². The van der Waals surface area contributed by atoms with Crippen molar-refractivity contribution in [1.82, 2.24) is 19.9 Å². The number of anilines is 1. The Morgan fingerprint density at radius 3 is 2.35 bits per heavy atom. The van der Waals surface area contributed by atoms with Gasteiger partial charge >= 0.3 is 0 Å². The van der Waals surface area contributed by atoms with Gasteiger partial charge in [0.25, 0.3) is 0 Å². The Kier molecular flexibility index (Phi) is 7.84. The van der Waals surface area contributed by atoms with Crippen LogP contribution >= 0.6 is 0 Å². The number of para-hydroxylation sites is 1. The third kappa shape index (κ3) is 5.15. The first-order chi connectivity index (χ1) is 22.2. The second kappa shape index (κ2) is 11.9. The van der Waals surface area contributed by atoms with Gasteiger partial charge in [0.15, 0.2) is 9.84 Å². The summed E-state index contributed by atoms with van der Waals surface area (Å²) >= 11 is 0. The van der Waals surface area contributed by atoms with Crippen molar-refractivity contribution < 1.29 is 22.7 Å². The Balaban J connectivity index is 1.43. The van der Waals surface area contributed by atoms with Crippen LogP contribution in [0.1, 0.15) is 50.2 Å². The molecule has 3 aliphatic rings. The van der Waals surface area contributed by atoms with Gasteiger partial charge in [0, 0.05) is 18.7 Å². The zero-order valence-electron chi connectivity index (χ0n) is 26.5. The topological polar surface area (TPSA) is 107 Å². The average molecular weight is 642 g/mol. The number of benzene rings is 3. The van der Waals surface area contributed by atoms with Crippen molar-refractivity contribution in [3.8, 4) is 28.4 Å². The van der Waals surface area contributed by atoms with Gasteiger partial charge in [0.1, 0.15) is 23.3 Å². The van der Waals surface area contributed by atoms with Gasteiger partial charge in [-0.15, -0.1) is 5.10 Å². The zero-order chi connectivity index (χ0) is 32.1. The Morgan fingerprint density at radius 1 is 1.00 bits per heavy atom. The Bertz CT molecular complexity index is 1860. The molecule has 1 aliphatic carbocycles. The molecule has 0 N–H and O–H groups in total. The maximum Gasteiger partial charge on any atom is 0.238 e. The van der Waals surface area contributed by atoms with E-state index in [-0.39, 0.29) is 22.8 Å². The summed E-state index contributed by atoms with van der Waals surface area (Å²) in [5.74, 6) is 1.29. The Morgan fingerprint density at radius 2 is 1.72 bits per heavy atom. The van der Waals surface area contributed by atoms with Crippen LogP contribution < -0.4 is 14.4 Å². The highest BCUT2D eigenvalue weighted by Crippen LogP contribution is 2.58. The predicted octanol–water partition coefficient (Wildman–Crippen LogP) is 5.18. The zero-order valence-corrected chi connectivity index (χ0v) is 27.3. The van der Waals surface area contributed by atoms with Crippen LogP contribution in [-0.4, -0.2) is 73.3 Å². The number of hydrogen-bond donors (Lipinski definition) is 0. The van der Waals surface area contributed by atoms with Crippen molar-refractivity contribution in [3.05, 3.63) is 77.9 Å². The fourth-order valence-electron chi connectivity index (χ4n) is 6.92. The van der Waals surface area contributed by atoms with Gasteiger partial charge < -0.3 is 19.3 Å². The Labute approximate surface area is 269 Å². The highest BCUT2D eigenvalue weighted by atomic mass is 32.2. The van der Waals surface area contributed by atoms with Gasteiger partial charge in [-0.2, -0.15) is 0 Å². The minimum atomic E-state index is -3.74. The van der Waals surface area contributed by atoms with Crippen LogP contribution in [-0.2, 0) is 26.6 Å². The number of rotatable bonds is 9. The average Bonchev–Trinajstić information content (AvgIpc) is 3.61. The van der Waals surface area contributed by atoms with Crippen molar-refractivity contribution in [3.63, 3.8) is 0 Å². The first-order valence-corrected chi connectivity index (χ1v) is 17.6. The molecule has 1 amide bonds. The molecule has 11 heteroatoms. The van der Waals surface area contributed by atoms with Gasteiger partial charge in [0.05, 0.1) is 36.2 Å². The molecule has 4 aromatic rings. The molecule has 1 saturated carbocycles. The summed E-state index contributed by atoms with van der Waals surface area (Å²) in [6.45, 7) is 3.82. The third-order valence-electron chi connectivity index (χ3n) is 9.77. The number of likely N-dealkylation sites (tertiary alicyclic amines) is 1. The molecule has 2 fully saturated rings. The van der Waals surface area contributed by atoms with Crippen molar-refractivity contribution in [2.24, 2.45) is 0 Å². The van der Waals surface area contributed by atoms with Crippen LogP contribution in [0, 0.1) is 0 Å². The highest BCUT2D eigenvalue weighted by molar-refractivity contribution is 7.91. The van der Waals surface area contributed by atoms with Gasteiger partial charge in [-0.05, 0) is 80.3 Å². The summed E-state index contributed by atoms with van der Waals surface area (Å²) in [4.78, 5) is 18.6. The van der Waals surface area contributed by atoms with Crippen LogP contribution in [0.25, 0.3) is 16.9 Å². The number of methoxy groups -OCH3 is 1. The number of carbonyl (C=O) groups excluding carboxylic acids is 1. The molecular formula is C35H39N5O5S. The van der Waals surface area contributed by atoms with E-state index in [9.17, 15) is 13.2 Å². The summed E-state index contributed by atoms with van der Waals surface area (Å²) < 4.78 is 40.7. The van der Waals surface area contributed by atoms with Crippen molar-refractivity contribution >= 4 is 21.4 Å². The number of ether oxygens (including phenoxy) is 2. The SMILES string of the molecule is CCS(=O)(=O)c1nnn(-c2ccccc2)c1-c1cc(OC2CCN(C)CC2)c2c(c1)C1(CCC1)C(=O)N2Cc1ccc(OC)cc1. The molecule has 0 unspecified atom stereocenters. The molecular weight excluding hydrogens is 602 g/mol. The van der Waals surface area contributed by atoms with Crippen molar-refractivity contribution in [2.45, 2.75) is 62.1 Å². The molecule has 0 atom stereocenters. The van der Waals surface area contributed by atoms with Crippen molar-refractivity contribution in [2.75, 3.05) is 37.9 Å². The molecule has 3 heterocycles. The number of amides is 1. The molecule has 1 spiro atoms. The Hall–Kier alpha value is -4.22. The smallest absolute Gasteiger partial charge is 0.238 e. The monoisotopic (exact) mass is 641 g/mol. The minimum absolute atomic E-state index is 0.0394. The van der Waals surface area contributed by atoms with E-state index in [0.717, 1.165) is 67.8 Å². The van der Waals surface area contributed by atoms with Gasteiger partial charge in [-0.1, -0.05) is 48.9 Å². The number of hydrogen-bond acceptors (Lipinski definition) is 8. The summed E-state index contributed by atoms with van der Waals surface area (Å²) in [6, 6.07) is 21.1. The van der Waals surface area contributed by atoms with E-state index in [1.54, 1.807) is 18.7 Å². The first kappa shape index (κ1) is 30.4. The lowest BCUT2D eigenvalue weighted by molar-refractivity contribution is -0.126. The molecule has 2 aliphatic heterocycles. The number of sulfone groups is 1. The normalized spacial score (nSPS) is 18.1. The number of carbonyl (C=O) groups is 1. The maximum atomic E-state index is 14.5. The van der Waals surface area contributed by atoms with Crippen LogP contribution in [0.3, 0.4) is 0 Å². The van der Waals surface area contributed by atoms with Gasteiger partial charge in [0.2, 0.25) is 10.9 Å². The molecule has 0 radical (unpaired) electrons. The quantitative estimate of drug-likeness (QED) is 0.246. The maximum absolute atomic E-state index is 14.5. The fourth-order valence-corrected chi connectivity index (χ4v) is 7.86. The highest BCUT2D eigenvalue weighted by Gasteiger charge is 2.56. The second-order valence-electron chi connectivity index (χ2n) is 12.6. The largest absolute Gasteiger partial charge is 0.497 e. The lowest BCUT2D eigenvalue weighted by Crippen LogP contribution is -2.44. The standard InChI is InChI=1S/C35H39N5O5S/c1-4-46(42,43)33-31(40(37-36-33)26-9-6-5-7-10-26)25-21-29-32(30(22-25)45-28-15-19-38(2)20-16-28)39(34(41)35(29)17-8-18-35)23-24-11-13-27(44-3)14-12-24/h5-7,9-14,21-22,28H,4,8,15-20,23H2,1-3H3. The van der Waals surface area contributed by atoms with E-state index >= 15 is 0 Å². The summed E-state index contributed by atoms with van der Waals surface area (Å²) in [7, 11) is 0.00276. The van der Waals surface area contributed by atoms with E-state index in [0.29, 0.717) is 29.2 Å². The first-order valence-electron chi connectivity index (χ1n) is 16.0. The lowest BCUT2D eigenvalue weighted by atomic mass is 9.65. The number of aromatic nitrogens is 3. The fraction of sp³-hybridized carbons (Fsp3) is 0.400. The molecule has 1 saturated heterocycles. The minimum Gasteiger partial charge on any atom is -0.497 e.